The summed E-state index contributed by atoms with van der Waals surface area (Å²) in [7, 11) is 0. The van der Waals surface area contributed by atoms with Crippen LogP contribution in [0.4, 0.5) is 0 Å². The van der Waals surface area contributed by atoms with Crippen LogP contribution in [0.25, 0.3) is 0 Å². The summed E-state index contributed by atoms with van der Waals surface area (Å²) in [6.07, 6.45) is 6.82. The summed E-state index contributed by atoms with van der Waals surface area (Å²) in [5.74, 6) is 0.888. The molecule has 2 atom stereocenters. The van der Waals surface area contributed by atoms with Crippen molar-refractivity contribution in [2.45, 2.75) is 37.5 Å². The molecule has 0 unspecified atom stereocenters. The van der Waals surface area contributed by atoms with E-state index in [-0.39, 0.29) is 18.4 Å². The van der Waals surface area contributed by atoms with Gasteiger partial charge in [0.1, 0.15) is 11.2 Å². The maximum Gasteiger partial charge on any atom is 0.313 e. The number of hydrogen-bond donors (Lipinski definition) is 1. The molecule has 6 nitrogen and oxygen atoms in total. The highest BCUT2D eigenvalue weighted by Gasteiger charge is 2.59. The zero-order chi connectivity index (χ0) is 18.3. The van der Waals surface area contributed by atoms with Crippen molar-refractivity contribution < 1.29 is 19.1 Å². The Hall–Kier alpha value is -1.47. The van der Waals surface area contributed by atoms with Crippen molar-refractivity contribution in [2.24, 2.45) is 11.3 Å². The van der Waals surface area contributed by atoms with Gasteiger partial charge in [-0.05, 0) is 31.2 Å². The predicted molar refractivity (Wildman–Crippen MR) is 99.2 cm³/mol. The number of hydrogen-bond acceptors (Lipinski definition) is 5. The number of carbonyl (C=O) groups excluding carboxylic acids is 1. The van der Waals surface area contributed by atoms with Crippen LogP contribution in [0, 0.1) is 11.3 Å². The Morgan fingerprint density at radius 1 is 1.27 bits per heavy atom. The van der Waals surface area contributed by atoms with E-state index in [1.165, 1.54) is 25.7 Å². The summed E-state index contributed by atoms with van der Waals surface area (Å²) in [5.41, 5.74) is -0.826. The summed E-state index contributed by atoms with van der Waals surface area (Å²) >= 11 is 1.64. The monoisotopic (exact) mass is 378 g/mol. The molecule has 1 aliphatic carbocycles. The molecule has 1 amide bonds. The first-order valence-electron chi connectivity index (χ1n) is 9.38. The SMILES string of the molecule is CSCc1ccc(C(=O)N2C[C@@H]3CN(C4CCCC4)C[C@]3(C(=O)O)C2)o1. The summed E-state index contributed by atoms with van der Waals surface area (Å²) in [6.45, 7) is 2.15. The summed E-state index contributed by atoms with van der Waals surface area (Å²) in [5, 5.41) is 9.99. The molecule has 2 saturated heterocycles. The number of amides is 1. The lowest BCUT2D eigenvalue weighted by Gasteiger charge is -2.28. The highest BCUT2D eigenvalue weighted by molar-refractivity contribution is 7.97. The van der Waals surface area contributed by atoms with Gasteiger partial charge in [-0.3, -0.25) is 14.5 Å². The van der Waals surface area contributed by atoms with Crippen molar-refractivity contribution in [1.29, 1.82) is 0 Å². The van der Waals surface area contributed by atoms with Crippen molar-refractivity contribution in [3.8, 4) is 0 Å². The molecule has 2 aliphatic heterocycles. The van der Waals surface area contributed by atoms with Gasteiger partial charge in [-0.25, -0.2) is 0 Å². The lowest BCUT2D eigenvalue weighted by Crippen LogP contribution is -2.43. The average molecular weight is 378 g/mol. The molecule has 1 aromatic heterocycles. The third-order valence-electron chi connectivity index (χ3n) is 6.35. The van der Waals surface area contributed by atoms with Crippen molar-refractivity contribution in [1.82, 2.24) is 9.80 Å². The minimum atomic E-state index is -0.826. The molecule has 142 valence electrons. The molecule has 7 heteroatoms. The Labute approximate surface area is 157 Å². The lowest BCUT2D eigenvalue weighted by atomic mass is 9.81. The Balaban J connectivity index is 1.48. The van der Waals surface area contributed by atoms with E-state index in [2.05, 4.69) is 4.90 Å². The Morgan fingerprint density at radius 3 is 2.69 bits per heavy atom. The third-order valence-corrected chi connectivity index (χ3v) is 6.92. The maximum absolute atomic E-state index is 12.8. The van der Waals surface area contributed by atoms with Gasteiger partial charge in [0.2, 0.25) is 0 Å². The third kappa shape index (κ3) is 2.95. The molecule has 1 saturated carbocycles. The van der Waals surface area contributed by atoms with Crippen LogP contribution < -0.4 is 0 Å². The number of rotatable bonds is 5. The van der Waals surface area contributed by atoms with E-state index < -0.39 is 11.4 Å². The molecule has 4 rings (SSSR count). The average Bonchev–Trinajstić information content (AvgIpc) is 3.36. The number of likely N-dealkylation sites (tertiary alicyclic amines) is 2. The van der Waals surface area contributed by atoms with Gasteiger partial charge in [0, 0.05) is 38.1 Å². The fourth-order valence-electron chi connectivity index (χ4n) is 4.98. The molecule has 26 heavy (non-hydrogen) atoms. The van der Waals surface area contributed by atoms with E-state index >= 15 is 0 Å². The summed E-state index contributed by atoms with van der Waals surface area (Å²) < 4.78 is 5.65. The normalized spacial score (nSPS) is 29.4. The lowest BCUT2D eigenvalue weighted by molar-refractivity contribution is -0.148. The molecule has 3 aliphatic rings. The van der Waals surface area contributed by atoms with E-state index in [0.717, 1.165) is 18.1 Å². The minimum absolute atomic E-state index is 0.00480. The first-order valence-corrected chi connectivity index (χ1v) is 10.8. The van der Waals surface area contributed by atoms with Crippen LogP contribution in [-0.4, -0.2) is 65.3 Å². The van der Waals surface area contributed by atoms with Crippen LogP contribution in [0.5, 0.6) is 0 Å². The second kappa shape index (κ2) is 6.93. The Bertz CT molecular complexity index is 699. The van der Waals surface area contributed by atoms with Crippen molar-refractivity contribution in [3.63, 3.8) is 0 Å². The van der Waals surface area contributed by atoms with E-state index in [1.54, 1.807) is 22.7 Å². The number of furan rings is 1. The van der Waals surface area contributed by atoms with Crippen molar-refractivity contribution >= 4 is 23.6 Å². The van der Waals surface area contributed by atoms with Crippen molar-refractivity contribution in [3.05, 3.63) is 23.7 Å². The number of carboxylic acid groups (broad SMARTS) is 1. The quantitative estimate of drug-likeness (QED) is 0.849. The van der Waals surface area contributed by atoms with Gasteiger partial charge in [0.05, 0.1) is 5.75 Å². The molecule has 0 spiro atoms. The van der Waals surface area contributed by atoms with Crippen LogP contribution in [0.2, 0.25) is 0 Å². The molecule has 1 aromatic rings. The number of aliphatic carboxylic acids is 1. The molecule has 1 N–H and O–H groups in total. The van der Waals surface area contributed by atoms with E-state index in [9.17, 15) is 14.7 Å². The number of thioether (sulfide) groups is 1. The number of nitrogens with zero attached hydrogens (tertiary/aromatic N) is 2. The van der Waals surface area contributed by atoms with Crippen molar-refractivity contribution in [2.75, 3.05) is 32.4 Å². The smallest absolute Gasteiger partial charge is 0.313 e. The Morgan fingerprint density at radius 2 is 2.04 bits per heavy atom. The molecule has 3 heterocycles. The van der Waals surface area contributed by atoms with Gasteiger partial charge in [0.25, 0.3) is 5.91 Å². The van der Waals surface area contributed by atoms with Gasteiger partial charge in [0.15, 0.2) is 5.76 Å². The zero-order valence-electron chi connectivity index (χ0n) is 15.1. The van der Waals surface area contributed by atoms with Crippen LogP contribution >= 0.6 is 11.8 Å². The maximum atomic E-state index is 12.8. The van der Waals surface area contributed by atoms with Crippen LogP contribution in [0.3, 0.4) is 0 Å². The van der Waals surface area contributed by atoms with Crippen LogP contribution in [-0.2, 0) is 10.5 Å². The highest BCUT2D eigenvalue weighted by atomic mass is 32.2. The predicted octanol–water partition coefficient (Wildman–Crippen LogP) is 2.54. The number of carbonyl (C=O) groups is 2. The fraction of sp³-hybridized carbons (Fsp3) is 0.684. The Kier molecular flexibility index (Phi) is 4.77. The summed E-state index contributed by atoms with van der Waals surface area (Å²) in [6, 6.07) is 4.07. The largest absolute Gasteiger partial charge is 0.481 e. The van der Waals surface area contributed by atoms with Gasteiger partial charge in [-0.1, -0.05) is 12.8 Å². The molecular formula is C19H26N2O4S. The van der Waals surface area contributed by atoms with Crippen LogP contribution in [0.15, 0.2) is 16.5 Å². The number of carboxylic acids is 1. The topological polar surface area (TPSA) is 74.0 Å². The molecule has 0 aromatic carbocycles. The molecule has 3 fully saturated rings. The van der Waals surface area contributed by atoms with Gasteiger partial charge in [-0.2, -0.15) is 11.8 Å². The summed E-state index contributed by atoms with van der Waals surface area (Å²) in [4.78, 5) is 29.0. The van der Waals surface area contributed by atoms with E-state index in [4.69, 9.17) is 4.42 Å². The van der Waals surface area contributed by atoms with Crippen LogP contribution in [0.1, 0.15) is 42.0 Å². The minimum Gasteiger partial charge on any atom is -0.481 e. The first-order chi connectivity index (χ1) is 12.5. The van der Waals surface area contributed by atoms with Gasteiger partial charge >= 0.3 is 5.97 Å². The standard InChI is InChI=1S/C19H26N2O4S/c1-26-10-15-6-7-16(25-15)17(22)21-9-13-8-20(14-4-2-3-5-14)11-19(13,12-21)18(23)24/h6-7,13-14H,2-5,8-12H2,1H3,(H,23,24)/t13-,19-/m0/s1. The van der Waals surface area contributed by atoms with Gasteiger partial charge in [-0.15, -0.1) is 0 Å². The fourth-order valence-corrected chi connectivity index (χ4v) is 5.42. The molecule has 0 bridgehead atoms. The highest BCUT2D eigenvalue weighted by Crippen LogP contribution is 2.45. The first kappa shape index (κ1) is 17.9. The zero-order valence-corrected chi connectivity index (χ0v) is 16.0. The molecular weight excluding hydrogens is 352 g/mol. The number of fused-ring (bicyclic) bond motifs is 1. The second-order valence-electron chi connectivity index (χ2n) is 7.91. The van der Waals surface area contributed by atoms with E-state index in [0.29, 0.717) is 24.9 Å². The second-order valence-corrected chi connectivity index (χ2v) is 8.78. The molecule has 0 radical (unpaired) electrons. The van der Waals surface area contributed by atoms with E-state index in [1.807, 2.05) is 12.3 Å². The van der Waals surface area contributed by atoms with Gasteiger partial charge < -0.3 is 14.4 Å².